The first-order valence-electron chi connectivity index (χ1n) is 3.46. The third-order valence-corrected chi connectivity index (χ3v) is 2.24. The van der Waals surface area contributed by atoms with Crippen LogP contribution in [0.1, 0.15) is 12.5 Å². The Morgan fingerprint density at radius 2 is 2.45 bits per heavy atom. The van der Waals surface area contributed by atoms with Gasteiger partial charge in [-0.15, -0.1) is 0 Å². The number of rotatable bonds is 1. The summed E-state index contributed by atoms with van der Waals surface area (Å²) in [5, 5.41) is 0.736. The average Bonchev–Trinajstić information content (AvgIpc) is 2.70. The molecule has 58 valence electrons. The summed E-state index contributed by atoms with van der Waals surface area (Å²) in [6.07, 6.45) is 3.44. The molecular formula is C8H8ClNO. The van der Waals surface area contributed by atoms with Crippen LogP contribution in [-0.4, -0.2) is 11.6 Å². The van der Waals surface area contributed by atoms with Crippen molar-refractivity contribution in [3.8, 4) is 0 Å². The molecule has 0 bridgehead atoms. The molecule has 2 nitrogen and oxygen atoms in total. The second-order valence-electron chi connectivity index (χ2n) is 2.88. The van der Waals surface area contributed by atoms with E-state index in [9.17, 15) is 0 Å². The number of pyridine rings is 1. The van der Waals surface area contributed by atoms with E-state index in [-0.39, 0.29) is 5.60 Å². The number of nitrogens with zero attached hydrogens (tertiary/aromatic N) is 1. The molecule has 3 heteroatoms. The van der Waals surface area contributed by atoms with E-state index in [1.165, 1.54) is 0 Å². The first-order chi connectivity index (χ1) is 5.22. The van der Waals surface area contributed by atoms with Crippen LogP contribution in [-0.2, 0) is 10.3 Å². The Labute approximate surface area is 70.2 Å². The number of halogens is 1. The van der Waals surface area contributed by atoms with Crippen LogP contribution >= 0.6 is 11.6 Å². The maximum Gasteiger partial charge on any atom is 0.117 e. The molecule has 11 heavy (non-hydrogen) atoms. The summed E-state index contributed by atoms with van der Waals surface area (Å²) in [7, 11) is 0. The van der Waals surface area contributed by atoms with Crippen molar-refractivity contribution in [2.45, 2.75) is 12.5 Å². The zero-order chi connectivity index (χ0) is 7.90. The fourth-order valence-corrected chi connectivity index (χ4v) is 1.34. The molecule has 1 unspecified atom stereocenters. The summed E-state index contributed by atoms with van der Waals surface area (Å²) in [5.41, 5.74) is 0.826. The molecule has 1 aliphatic rings. The van der Waals surface area contributed by atoms with Gasteiger partial charge in [-0.2, -0.15) is 0 Å². The highest BCUT2D eigenvalue weighted by molar-refractivity contribution is 6.31. The summed E-state index contributed by atoms with van der Waals surface area (Å²) in [5.74, 6) is 0. The second kappa shape index (κ2) is 2.19. The third kappa shape index (κ3) is 1.12. The van der Waals surface area contributed by atoms with Gasteiger partial charge in [0, 0.05) is 23.0 Å². The lowest BCUT2D eigenvalue weighted by molar-refractivity contribution is 0.329. The molecule has 0 amide bonds. The van der Waals surface area contributed by atoms with E-state index >= 15 is 0 Å². The molecular weight excluding hydrogens is 162 g/mol. The van der Waals surface area contributed by atoms with Gasteiger partial charge in [0.05, 0.1) is 6.61 Å². The molecule has 0 N–H and O–H groups in total. The van der Waals surface area contributed by atoms with Crippen molar-refractivity contribution in [1.82, 2.24) is 4.98 Å². The Hall–Kier alpha value is -0.600. The first-order valence-corrected chi connectivity index (χ1v) is 3.84. The summed E-state index contributed by atoms with van der Waals surface area (Å²) >= 11 is 5.93. The van der Waals surface area contributed by atoms with Gasteiger partial charge < -0.3 is 4.74 Å². The van der Waals surface area contributed by atoms with Gasteiger partial charge in [-0.25, -0.2) is 0 Å². The van der Waals surface area contributed by atoms with Gasteiger partial charge in [0.2, 0.25) is 0 Å². The molecule has 1 saturated heterocycles. The van der Waals surface area contributed by atoms with E-state index < -0.39 is 0 Å². The standard InChI is InChI=1S/C8H8ClNO/c1-8(5-11-8)6-4-10-3-2-7(6)9/h2-4H,5H2,1H3. The van der Waals surface area contributed by atoms with E-state index in [4.69, 9.17) is 16.3 Å². The minimum Gasteiger partial charge on any atom is -0.365 e. The molecule has 1 atom stereocenters. The lowest BCUT2D eigenvalue weighted by atomic mass is 10.1. The lowest BCUT2D eigenvalue weighted by Crippen LogP contribution is -2.02. The molecule has 0 spiro atoms. The smallest absolute Gasteiger partial charge is 0.117 e. The van der Waals surface area contributed by atoms with Crippen LogP contribution in [0.25, 0.3) is 0 Å². The normalized spacial score (nSPS) is 28.5. The van der Waals surface area contributed by atoms with Crippen LogP contribution in [0.3, 0.4) is 0 Å². The van der Waals surface area contributed by atoms with Crippen molar-refractivity contribution in [2.75, 3.05) is 6.61 Å². The van der Waals surface area contributed by atoms with Gasteiger partial charge in [0.1, 0.15) is 5.60 Å². The number of hydrogen-bond donors (Lipinski definition) is 0. The van der Waals surface area contributed by atoms with Crippen LogP contribution in [0.4, 0.5) is 0 Å². The molecule has 0 radical (unpaired) electrons. The Morgan fingerprint density at radius 1 is 1.73 bits per heavy atom. The van der Waals surface area contributed by atoms with Gasteiger partial charge in [0.15, 0.2) is 0 Å². The summed E-state index contributed by atoms with van der Waals surface area (Å²) in [6.45, 7) is 2.76. The quantitative estimate of drug-likeness (QED) is 0.601. The number of aromatic nitrogens is 1. The van der Waals surface area contributed by atoms with E-state index in [1.807, 2.05) is 6.92 Å². The van der Waals surface area contributed by atoms with E-state index in [0.29, 0.717) is 0 Å². The summed E-state index contributed by atoms with van der Waals surface area (Å²) < 4.78 is 5.24. The highest BCUT2D eigenvalue weighted by Gasteiger charge is 2.42. The molecule has 2 heterocycles. The van der Waals surface area contributed by atoms with Gasteiger partial charge in [-0.3, -0.25) is 4.98 Å². The average molecular weight is 170 g/mol. The maximum atomic E-state index is 5.93. The molecule has 0 saturated carbocycles. The van der Waals surface area contributed by atoms with Crippen LogP contribution in [0, 0.1) is 0 Å². The number of hydrogen-bond acceptors (Lipinski definition) is 2. The number of epoxide rings is 1. The van der Waals surface area contributed by atoms with Gasteiger partial charge in [-0.1, -0.05) is 11.6 Å². The van der Waals surface area contributed by atoms with Crippen molar-refractivity contribution in [3.05, 3.63) is 29.0 Å². The molecule has 0 aromatic carbocycles. The van der Waals surface area contributed by atoms with Crippen molar-refractivity contribution in [2.24, 2.45) is 0 Å². The predicted molar refractivity (Wildman–Crippen MR) is 42.6 cm³/mol. The van der Waals surface area contributed by atoms with Gasteiger partial charge in [0.25, 0.3) is 0 Å². The highest BCUT2D eigenvalue weighted by Crippen LogP contribution is 2.40. The fourth-order valence-electron chi connectivity index (χ4n) is 1.03. The van der Waals surface area contributed by atoms with Crippen molar-refractivity contribution in [1.29, 1.82) is 0 Å². The van der Waals surface area contributed by atoms with Crippen LogP contribution in [0.5, 0.6) is 0 Å². The Morgan fingerprint density at radius 3 is 3.00 bits per heavy atom. The SMILES string of the molecule is CC1(c2cnccc2Cl)CO1. The minimum atomic E-state index is -0.161. The summed E-state index contributed by atoms with van der Waals surface area (Å²) in [6, 6.07) is 1.78. The monoisotopic (exact) mass is 169 g/mol. The number of ether oxygens (including phenoxy) is 1. The molecule has 1 aromatic rings. The maximum absolute atomic E-state index is 5.93. The van der Waals surface area contributed by atoms with Gasteiger partial charge >= 0.3 is 0 Å². The van der Waals surface area contributed by atoms with Crippen molar-refractivity contribution < 1.29 is 4.74 Å². The van der Waals surface area contributed by atoms with Crippen LogP contribution in [0.2, 0.25) is 5.02 Å². The second-order valence-corrected chi connectivity index (χ2v) is 3.28. The van der Waals surface area contributed by atoms with E-state index in [2.05, 4.69) is 4.98 Å². The lowest BCUT2D eigenvalue weighted by Gasteiger charge is -2.05. The molecule has 1 aliphatic heterocycles. The summed E-state index contributed by atoms with van der Waals surface area (Å²) in [4.78, 5) is 3.99. The molecule has 1 fully saturated rings. The first kappa shape index (κ1) is 7.07. The van der Waals surface area contributed by atoms with Crippen molar-refractivity contribution >= 4 is 11.6 Å². The molecule has 0 aliphatic carbocycles. The van der Waals surface area contributed by atoms with Crippen molar-refractivity contribution in [3.63, 3.8) is 0 Å². The fraction of sp³-hybridized carbons (Fsp3) is 0.375. The van der Waals surface area contributed by atoms with Crippen LogP contribution in [0.15, 0.2) is 18.5 Å². The Bertz CT molecular complexity index is 283. The Kier molecular flexibility index (Phi) is 1.41. The van der Waals surface area contributed by atoms with Gasteiger partial charge in [-0.05, 0) is 13.0 Å². The van der Waals surface area contributed by atoms with Crippen LogP contribution < -0.4 is 0 Å². The van der Waals surface area contributed by atoms with E-state index in [0.717, 1.165) is 17.2 Å². The third-order valence-electron chi connectivity index (χ3n) is 1.91. The predicted octanol–water partition coefficient (Wildman–Crippen LogP) is 1.98. The molecule has 2 rings (SSSR count). The largest absolute Gasteiger partial charge is 0.365 e. The minimum absolute atomic E-state index is 0.161. The topological polar surface area (TPSA) is 25.4 Å². The highest BCUT2D eigenvalue weighted by atomic mass is 35.5. The Balaban J connectivity index is 2.45. The molecule has 1 aromatic heterocycles. The zero-order valence-electron chi connectivity index (χ0n) is 6.17. The van der Waals surface area contributed by atoms with E-state index in [1.54, 1.807) is 18.5 Å². The zero-order valence-corrected chi connectivity index (χ0v) is 6.93.